The molecule has 1 amide bonds. The second-order valence-corrected chi connectivity index (χ2v) is 5.47. The van der Waals surface area contributed by atoms with E-state index in [2.05, 4.69) is 5.32 Å². The molecule has 0 bridgehead atoms. The van der Waals surface area contributed by atoms with Crippen molar-refractivity contribution in [2.75, 3.05) is 11.1 Å². The monoisotopic (exact) mass is 328 g/mol. The molecule has 0 radical (unpaired) electrons. The number of aryl methyl sites for hydroxylation is 1. The molecule has 3 N–H and O–H groups in total. The van der Waals surface area contributed by atoms with Crippen molar-refractivity contribution in [3.05, 3.63) is 56.5 Å². The summed E-state index contributed by atoms with van der Waals surface area (Å²) in [6.07, 6.45) is 0. The van der Waals surface area contributed by atoms with Gasteiger partial charge in [-0.05, 0) is 36.8 Å². The van der Waals surface area contributed by atoms with Gasteiger partial charge >= 0.3 is 0 Å². The van der Waals surface area contributed by atoms with Crippen molar-refractivity contribution in [3.63, 3.8) is 0 Å². The maximum Gasteiger partial charge on any atom is 0.255 e. The standard InChI is InChI=1S/C14H11Cl3N2O/c1-7-2-3-9(6-10(7)15)19-14(20)8-4-11(16)13(17)12(18)5-8/h2-6H,18H2,1H3,(H,19,20). The highest BCUT2D eigenvalue weighted by atomic mass is 35.5. The Labute approximate surface area is 131 Å². The molecular formula is C14H11Cl3N2O. The van der Waals surface area contributed by atoms with Crippen LogP contribution in [-0.2, 0) is 0 Å². The first kappa shape index (κ1) is 15.0. The van der Waals surface area contributed by atoms with Gasteiger partial charge in [0.1, 0.15) is 0 Å². The first-order valence-corrected chi connectivity index (χ1v) is 6.84. The summed E-state index contributed by atoms with van der Waals surface area (Å²) in [5.74, 6) is -0.338. The summed E-state index contributed by atoms with van der Waals surface area (Å²) in [6.45, 7) is 1.88. The Morgan fingerprint density at radius 2 is 1.80 bits per heavy atom. The van der Waals surface area contributed by atoms with E-state index in [4.69, 9.17) is 40.5 Å². The molecule has 0 aliphatic carbocycles. The number of amides is 1. The molecule has 3 nitrogen and oxygen atoms in total. The van der Waals surface area contributed by atoms with E-state index in [0.29, 0.717) is 16.3 Å². The molecule has 2 rings (SSSR count). The number of benzene rings is 2. The second-order valence-electron chi connectivity index (χ2n) is 4.28. The van der Waals surface area contributed by atoms with Crippen molar-refractivity contribution < 1.29 is 4.79 Å². The topological polar surface area (TPSA) is 55.1 Å². The van der Waals surface area contributed by atoms with Gasteiger partial charge in [0.25, 0.3) is 5.91 Å². The van der Waals surface area contributed by atoms with Crippen LogP contribution in [0.25, 0.3) is 0 Å². The number of nitrogen functional groups attached to an aromatic ring is 1. The van der Waals surface area contributed by atoms with Crippen LogP contribution in [0, 0.1) is 6.92 Å². The zero-order valence-corrected chi connectivity index (χ0v) is 12.8. The molecule has 0 heterocycles. The molecule has 0 saturated heterocycles. The van der Waals surface area contributed by atoms with Gasteiger partial charge in [0.15, 0.2) is 0 Å². The van der Waals surface area contributed by atoms with Gasteiger partial charge < -0.3 is 11.1 Å². The maximum absolute atomic E-state index is 12.1. The van der Waals surface area contributed by atoms with Crippen molar-refractivity contribution >= 4 is 52.1 Å². The molecule has 0 atom stereocenters. The van der Waals surface area contributed by atoms with E-state index in [1.807, 2.05) is 13.0 Å². The number of anilines is 2. The SMILES string of the molecule is Cc1ccc(NC(=O)c2cc(N)c(Cl)c(Cl)c2)cc1Cl. The predicted octanol–water partition coefficient (Wildman–Crippen LogP) is 4.79. The van der Waals surface area contributed by atoms with Crippen LogP contribution < -0.4 is 11.1 Å². The van der Waals surface area contributed by atoms with Crippen molar-refractivity contribution in [3.8, 4) is 0 Å². The lowest BCUT2D eigenvalue weighted by atomic mass is 10.1. The minimum Gasteiger partial charge on any atom is -0.397 e. The number of nitrogens with one attached hydrogen (secondary N) is 1. The normalized spacial score (nSPS) is 10.4. The fourth-order valence-electron chi connectivity index (χ4n) is 1.62. The van der Waals surface area contributed by atoms with Crippen molar-refractivity contribution in [1.29, 1.82) is 0 Å². The van der Waals surface area contributed by atoms with E-state index in [-0.39, 0.29) is 21.6 Å². The highest BCUT2D eigenvalue weighted by molar-refractivity contribution is 6.44. The van der Waals surface area contributed by atoms with Gasteiger partial charge in [-0.25, -0.2) is 0 Å². The van der Waals surface area contributed by atoms with Crippen LogP contribution in [0.3, 0.4) is 0 Å². The van der Waals surface area contributed by atoms with Crippen LogP contribution in [0.15, 0.2) is 30.3 Å². The lowest BCUT2D eigenvalue weighted by Gasteiger charge is -2.09. The number of carbonyl (C=O) groups excluding carboxylic acids is 1. The van der Waals surface area contributed by atoms with E-state index in [1.54, 1.807) is 12.1 Å². The summed E-state index contributed by atoms with van der Waals surface area (Å²) in [4.78, 5) is 12.1. The van der Waals surface area contributed by atoms with E-state index < -0.39 is 0 Å². The Kier molecular flexibility index (Phi) is 4.43. The average molecular weight is 330 g/mol. The van der Waals surface area contributed by atoms with E-state index in [0.717, 1.165) is 5.56 Å². The summed E-state index contributed by atoms with van der Waals surface area (Å²) in [5, 5.41) is 3.77. The molecule has 104 valence electrons. The third-order valence-corrected chi connectivity index (χ3v) is 3.97. The Balaban J connectivity index is 2.26. The van der Waals surface area contributed by atoms with Crippen LogP contribution >= 0.6 is 34.8 Å². The summed E-state index contributed by atoms with van der Waals surface area (Å²) >= 11 is 17.8. The van der Waals surface area contributed by atoms with Gasteiger partial charge in [0.05, 0.1) is 15.7 Å². The van der Waals surface area contributed by atoms with Gasteiger partial charge in [-0.1, -0.05) is 40.9 Å². The minimum atomic E-state index is -0.338. The zero-order valence-electron chi connectivity index (χ0n) is 10.5. The van der Waals surface area contributed by atoms with Crippen LogP contribution in [0.2, 0.25) is 15.1 Å². The first-order chi connectivity index (χ1) is 9.38. The lowest BCUT2D eigenvalue weighted by molar-refractivity contribution is 0.102. The molecule has 2 aromatic rings. The third-order valence-electron chi connectivity index (χ3n) is 2.75. The highest BCUT2D eigenvalue weighted by Gasteiger charge is 2.12. The number of hydrogen-bond donors (Lipinski definition) is 2. The number of hydrogen-bond acceptors (Lipinski definition) is 2. The fourth-order valence-corrected chi connectivity index (χ4v) is 2.13. The Bertz CT molecular complexity index is 663. The molecule has 6 heteroatoms. The van der Waals surface area contributed by atoms with Gasteiger partial charge in [-0.3, -0.25) is 4.79 Å². The molecule has 0 aromatic heterocycles. The molecule has 0 aliphatic rings. The molecule has 0 aliphatic heterocycles. The molecular weight excluding hydrogens is 319 g/mol. The Morgan fingerprint density at radius 3 is 2.40 bits per heavy atom. The van der Waals surface area contributed by atoms with Gasteiger partial charge in [0, 0.05) is 16.3 Å². The molecule has 0 spiro atoms. The quantitative estimate of drug-likeness (QED) is 0.778. The summed E-state index contributed by atoms with van der Waals surface area (Å²) < 4.78 is 0. The van der Waals surface area contributed by atoms with E-state index in [1.165, 1.54) is 12.1 Å². The molecule has 2 aromatic carbocycles. The average Bonchev–Trinajstić information content (AvgIpc) is 2.39. The maximum atomic E-state index is 12.1. The van der Waals surface area contributed by atoms with Crippen molar-refractivity contribution in [2.24, 2.45) is 0 Å². The Hall–Kier alpha value is -1.42. The van der Waals surface area contributed by atoms with E-state index >= 15 is 0 Å². The van der Waals surface area contributed by atoms with Crippen LogP contribution in [0.4, 0.5) is 11.4 Å². The largest absolute Gasteiger partial charge is 0.397 e. The zero-order chi connectivity index (χ0) is 14.9. The van der Waals surface area contributed by atoms with Gasteiger partial charge in [-0.2, -0.15) is 0 Å². The summed E-state index contributed by atoms with van der Waals surface area (Å²) in [6, 6.07) is 8.20. The first-order valence-electron chi connectivity index (χ1n) is 5.70. The van der Waals surface area contributed by atoms with Crippen LogP contribution in [0.5, 0.6) is 0 Å². The number of carbonyl (C=O) groups is 1. The predicted molar refractivity (Wildman–Crippen MR) is 85.0 cm³/mol. The second kappa shape index (κ2) is 5.92. The number of rotatable bonds is 2. The number of halogens is 3. The molecule has 20 heavy (non-hydrogen) atoms. The summed E-state index contributed by atoms with van der Waals surface area (Å²) in [5.41, 5.74) is 7.79. The van der Waals surface area contributed by atoms with Gasteiger partial charge in [0.2, 0.25) is 0 Å². The molecule has 0 saturated carbocycles. The summed E-state index contributed by atoms with van der Waals surface area (Å²) in [7, 11) is 0. The third kappa shape index (κ3) is 3.18. The van der Waals surface area contributed by atoms with Gasteiger partial charge in [-0.15, -0.1) is 0 Å². The lowest BCUT2D eigenvalue weighted by Crippen LogP contribution is -2.12. The minimum absolute atomic E-state index is 0.235. The molecule has 0 fully saturated rings. The fraction of sp³-hybridized carbons (Fsp3) is 0.0714. The van der Waals surface area contributed by atoms with E-state index in [9.17, 15) is 4.79 Å². The number of nitrogens with two attached hydrogens (primary N) is 1. The molecule has 0 unspecified atom stereocenters. The smallest absolute Gasteiger partial charge is 0.255 e. The Morgan fingerprint density at radius 1 is 1.10 bits per heavy atom. The van der Waals surface area contributed by atoms with Crippen LogP contribution in [0.1, 0.15) is 15.9 Å². The highest BCUT2D eigenvalue weighted by Crippen LogP contribution is 2.30. The van der Waals surface area contributed by atoms with Crippen molar-refractivity contribution in [2.45, 2.75) is 6.92 Å². The van der Waals surface area contributed by atoms with Crippen molar-refractivity contribution in [1.82, 2.24) is 0 Å². The van der Waals surface area contributed by atoms with Crippen LogP contribution in [-0.4, -0.2) is 5.91 Å².